The highest BCUT2D eigenvalue weighted by Crippen LogP contribution is 2.30. The number of fused-ring (bicyclic) bond motifs is 1. The Morgan fingerprint density at radius 1 is 1.14 bits per heavy atom. The Kier molecular flexibility index (Phi) is 3.72. The van der Waals surface area contributed by atoms with E-state index in [4.69, 9.17) is 16.3 Å². The van der Waals surface area contributed by atoms with Crippen LogP contribution in [0.4, 0.5) is 0 Å². The molecular weight excluding hydrogens is 298 g/mol. The van der Waals surface area contributed by atoms with Crippen LogP contribution < -0.4 is 4.74 Å². The molecule has 1 aromatic carbocycles. The Hall–Kier alpha value is -1.65. The average molecular weight is 316 g/mol. The SMILES string of the molecule is Clc1cncc(OCC2CN(C3Cc4ccccc4C3)C2)n1. The molecule has 0 N–H and O–H groups in total. The molecule has 0 saturated carbocycles. The van der Waals surface area contributed by atoms with Crippen molar-refractivity contribution in [2.45, 2.75) is 18.9 Å². The first-order valence-corrected chi connectivity index (χ1v) is 8.07. The minimum atomic E-state index is 0.372. The summed E-state index contributed by atoms with van der Waals surface area (Å²) in [6.45, 7) is 2.89. The van der Waals surface area contributed by atoms with E-state index in [1.165, 1.54) is 30.2 Å². The van der Waals surface area contributed by atoms with Crippen LogP contribution in [-0.2, 0) is 12.8 Å². The maximum absolute atomic E-state index is 5.80. The summed E-state index contributed by atoms with van der Waals surface area (Å²) in [7, 11) is 0. The van der Waals surface area contributed by atoms with Crippen LogP contribution in [0, 0.1) is 5.92 Å². The van der Waals surface area contributed by atoms with Crippen LogP contribution in [0.1, 0.15) is 11.1 Å². The maximum Gasteiger partial charge on any atom is 0.233 e. The topological polar surface area (TPSA) is 38.2 Å². The zero-order valence-electron chi connectivity index (χ0n) is 12.3. The zero-order chi connectivity index (χ0) is 14.9. The average Bonchev–Trinajstić information content (AvgIpc) is 2.89. The third-order valence-electron chi connectivity index (χ3n) is 4.58. The lowest BCUT2D eigenvalue weighted by molar-refractivity contribution is 0.0278. The van der Waals surface area contributed by atoms with E-state index in [2.05, 4.69) is 39.1 Å². The summed E-state index contributed by atoms with van der Waals surface area (Å²) < 4.78 is 5.68. The highest BCUT2D eigenvalue weighted by atomic mass is 35.5. The molecule has 1 aliphatic carbocycles. The smallest absolute Gasteiger partial charge is 0.233 e. The summed E-state index contributed by atoms with van der Waals surface area (Å²) in [5.41, 5.74) is 3.03. The summed E-state index contributed by atoms with van der Waals surface area (Å²) >= 11 is 5.80. The molecule has 1 aliphatic heterocycles. The molecule has 4 rings (SSSR count). The molecule has 2 aliphatic rings. The number of aromatic nitrogens is 2. The van der Waals surface area contributed by atoms with Crippen molar-refractivity contribution in [1.29, 1.82) is 0 Å². The molecule has 114 valence electrons. The van der Waals surface area contributed by atoms with Crippen molar-refractivity contribution in [2.24, 2.45) is 5.92 Å². The van der Waals surface area contributed by atoms with Crippen LogP contribution in [0.2, 0.25) is 5.15 Å². The fourth-order valence-electron chi connectivity index (χ4n) is 3.41. The van der Waals surface area contributed by atoms with E-state index in [-0.39, 0.29) is 0 Å². The molecule has 22 heavy (non-hydrogen) atoms. The van der Waals surface area contributed by atoms with Crippen molar-refractivity contribution in [2.75, 3.05) is 19.7 Å². The molecule has 2 heterocycles. The van der Waals surface area contributed by atoms with Crippen LogP contribution in [0.15, 0.2) is 36.7 Å². The number of rotatable bonds is 4. The van der Waals surface area contributed by atoms with Crippen molar-refractivity contribution < 1.29 is 4.74 Å². The number of hydrogen-bond acceptors (Lipinski definition) is 4. The second-order valence-corrected chi connectivity index (χ2v) is 6.53. The van der Waals surface area contributed by atoms with Gasteiger partial charge in [0.15, 0.2) is 5.15 Å². The number of hydrogen-bond donors (Lipinski definition) is 0. The second-order valence-electron chi connectivity index (χ2n) is 6.14. The summed E-state index contributed by atoms with van der Waals surface area (Å²) in [4.78, 5) is 10.6. The van der Waals surface area contributed by atoms with Crippen molar-refractivity contribution in [3.8, 4) is 5.88 Å². The van der Waals surface area contributed by atoms with Gasteiger partial charge < -0.3 is 4.74 Å². The summed E-state index contributed by atoms with van der Waals surface area (Å²) in [6, 6.07) is 9.46. The number of ether oxygens (including phenoxy) is 1. The number of benzene rings is 1. The normalized spacial score (nSPS) is 19.0. The highest BCUT2D eigenvalue weighted by molar-refractivity contribution is 6.29. The standard InChI is InChI=1S/C17H18ClN3O/c18-16-7-19-8-17(20-16)22-11-12-9-21(10-12)15-5-13-3-1-2-4-14(13)6-15/h1-4,7-8,12,15H,5-6,9-11H2. The molecule has 5 heteroatoms. The Morgan fingerprint density at radius 2 is 1.86 bits per heavy atom. The van der Waals surface area contributed by atoms with Crippen LogP contribution in [0.3, 0.4) is 0 Å². The number of likely N-dealkylation sites (tertiary alicyclic amines) is 1. The molecule has 0 bridgehead atoms. The first-order chi connectivity index (χ1) is 10.8. The van der Waals surface area contributed by atoms with Gasteiger partial charge >= 0.3 is 0 Å². The van der Waals surface area contributed by atoms with Gasteiger partial charge in [-0.1, -0.05) is 35.9 Å². The maximum atomic E-state index is 5.80. The zero-order valence-corrected chi connectivity index (χ0v) is 13.0. The largest absolute Gasteiger partial charge is 0.476 e. The van der Waals surface area contributed by atoms with Gasteiger partial charge in [0, 0.05) is 25.0 Å². The first-order valence-electron chi connectivity index (χ1n) is 7.69. The van der Waals surface area contributed by atoms with Gasteiger partial charge in [-0.3, -0.25) is 9.88 Å². The fourth-order valence-corrected chi connectivity index (χ4v) is 3.55. The first kappa shape index (κ1) is 14.0. The van der Waals surface area contributed by atoms with E-state index in [0.717, 1.165) is 13.1 Å². The quantitative estimate of drug-likeness (QED) is 0.869. The van der Waals surface area contributed by atoms with Crippen LogP contribution >= 0.6 is 11.6 Å². The highest BCUT2D eigenvalue weighted by Gasteiger charge is 2.35. The van der Waals surface area contributed by atoms with Crippen LogP contribution in [-0.4, -0.2) is 40.6 Å². The van der Waals surface area contributed by atoms with Gasteiger partial charge in [0.25, 0.3) is 0 Å². The van der Waals surface area contributed by atoms with Crippen molar-refractivity contribution in [3.05, 3.63) is 52.9 Å². The minimum Gasteiger partial charge on any atom is -0.476 e. The lowest BCUT2D eigenvalue weighted by Crippen LogP contribution is -2.54. The molecule has 0 spiro atoms. The lowest BCUT2D eigenvalue weighted by Gasteiger charge is -2.43. The van der Waals surface area contributed by atoms with Gasteiger partial charge in [-0.25, -0.2) is 0 Å². The van der Waals surface area contributed by atoms with E-state index in [9.17, 15) is 0 Å². The fraction of sp³-hybridized carbons (Fsp3) is 0.412. The summed E-state index contributed by atoms with van der Waals surface area (Å²) in [5.74, 6) is 1.09. The van der Waals surface area contributed by atoms with E-state index < -0.39 is 0 Å². The predicted molar refractivity (Wildman–Crippen MR) is 85.2 cm³/mol. The number of nitrogens with zero attached hydrogens (tertiary/aromatic N) is 3. The van der Waals surface area contributed by atoms with Gasteiger partial charge in [-0.2, -0.15) is 4.98 Å². The molecule has 0 atom stereocenters. The monoisotopic (exact) mass is 315 g/mol. The lowest BCUT2D eigenvalue weighted by atomic mass is 9.97. The Balaban J connectivity index is 1.25. The molecule has 0 radical (unpaired) electrons. The van der Waals surface area contributed by atoms with Gasteiger partial charge in [-0.15, -0.1) is 0 Å². The number of halogens is 1. The van der Waals surface area contributed by atoms with Gasteiger partial charge in [-0.05, 0) is 24.0 Å². The van der Waals surface area contributed by atoms with Crippen molar-refractivity contribution in [3.63, 3.8) is 0 Å². The van der Waals surface area contributed by atoms with Gasteiger partial charge in [0.2, 0.25) is 5.88 Å². The molecule has 1 saturated heterocycles. The van der Waals surface area contributed by atoms with E-state index >= 15 is 0 Å². The molecule has 1 aromatic heterocycles. The van der Waals surface area contributed by atoms with Gasteiger partial charge in [0.05, 0.1) is 19.0 Å². The second kappa shape index (κ2) is 5.86. The predicted octanol–water partition coefficient (Wildman–Crippen LogP) is 2.61. The minimum absolute atomic E-state index is 0.372. The Labute approximate surface area is 135 Å². The Bertz CT molecular complexity index is 647. The molecule has 4 nitrogen and oxygen atoms in total. The van der Waals surface area contributed by atoms with Crippen LogP contribution in [0.25, 0.3) is 0 Å². The van der Waals surface area contributed by atoms with Gasteiger partial charge in [0.1, 0.15) is 0 Å². The Morgan fingerprint density at radius 3 is 2.55 bits per heavy atom. The summed E-state index contributed by atoms with van der Waals surface area (Å²) in [6.07, 6.45) is 5.49. The van der Waals surface area contributed by atoms with E-state index in [1.807, 2.05) is 0 Å². The van der Waals surface area contributed by atoms with E-state index in [0.29, 0.717) is 29.6 Å². The molecular formula is C17H18ClN3O. The molecule has 0 unspecified atom stereocenters. The van der Waals surface area contributed by atoms with E-state index in [1.54, 1.807) is 6.20 Å². The molecule has 0 amide bonds. The molecule has 1 fully saturated rings. The molecule has 2 aromatic rings. The van der Waals surface area contributed by atoms with Crippen LogP contribution in [0.5, 0.6) is 5.88 Å². The third-order valence-corrected chi connectivity index (χ3v) is 4.76. The third kappa shape index (κ3) is 2.81. The van der Waals surface area contributed by atoms with Crippen molar-refractivity contribution >= 4 is 11.6 Å². The van der Waals surface area contributed by atoms with Crippen molar-refractivity contribution in [1.82, 2.24) is 14.9 Å². The summed E-state index contributed by atoms with van der Waals surface area (Å²) in [5, 5.41) is 0.372.